The SMILES string of the molecule is COCCCn1cc(CN(C(=O)C2=C(c3cccc(-c4ccncc4)c3)CCNC2)C2CC2)c2ccccc21. The summed E-state index contributed by atoms with van der Waals surface area (Å²) in [6, 6.07) is 21.5. The number of fused-ring (bicyclic) bond motifs is 1. The molecule has 1 aliphatic carbocycles. The van der Waals surface area contributed by atoms with Crippen molar-refractivity contribution >= 4 is 22.4 Å². The van der Waals surface area contributed by atoms with Gasteiger partial charge in [0, 0.05) is 74.5 Å². The maximum atomic E-state index is 14.3. The maximum Gasteiger partial charge on any atom is 0.251 e. The molecule has 2 aliphatic rings. The second-order valence-electron chi connectivity index (χ2n) is 10.6. The number of nitrogens with one attached hydrogen (secondary N) is 1. The summed E-state index contributed by atoms with van der Waals surface area (Å²) < 4.78 is 7.60. The number of amides is 1. The third-order valence-electron chi connectivity index (χ3n) is 7.91. The van der Waals surface area contributed by atoms with Crippen LogP contribution in [0.5, 0.6) is 0 Å². The Morgan fingerprint density at radius 1 is 1.05 bits per heavy atom. The smallest absolute Gasteiger partial charge is 0.251 e. The molecule has 0 atom stereocenters. The minimum Gasteiger partial charge on any atom is -0.385 e. The van der Waals surface area contributed by atoms with Crippen molar-refractivity contribution in [2.24, 2.45) is 0 Å². The molecule has 0 bridgehead atoms. The van der Waals surface area contributed by atoms with E-state index in [0.29, 0.717) is 19.1 Å². The molecule has 4 aromatic rings. The zero-order valence-electron chi connectivity index (χ0n) is 22.6. The van der Waals surface area contributed by atoms with Gasteiger partial charge >= 0.3 is 0 Å². The van der Waals surface area contributed by atoms with E-state index in [9.17, 15) is 4.79 Å². The molecule has 3 heterocycles. The summed E-state index contributed by atoms with van der Waals surface area (Å²) in [6.07, 6.45) is 9.84. The number of hydrogen-bond acceptors (Lipinski definition) is 4. The highest BCUT2D eigenvalue weighted by atomic mass is 16.5. The van der Waals surface area contributed by atoms with Gasteiger partial charge in [0.15, 0.2) is 0 Å². The molecule has 200 valence electrons. The Balaban J connectivity index is 1.32. The average molecular weight is 521 g/mol. The minimum atomic E-state index is 0.172. The van der Waals surface area contributed by atoms with Crippen LogP contribution >= 0.6 is 0 Å². The zero-order chi connectivity index (χ0) is 26.6. The first-order valence-corrected chi connectivity index (χ1v) is 14.0. The largest absolute Gasteiger partial charge is 0.385 e. The number of nitrogens with zero attached hydrogens (tertiary/aromatic N) is 3. The second kappa shape index (κ2) is 11.6. The molecule has 6 nitrogen and oxygen atoms in total. The van der Waals surface area contributed by atoms with Gasteiger partial charge in [-0.05, 0) is 84.3 Å². The van der Waals surface area contributed by atoms with Gasteiger partial charge in [-0.2, -0.15) is 0 Å². The highest BCUT2D eigenvalue weighted by molar-refractivity contribution is 6.02. The number of carbonyl (C=O) groups excluding carboxylic acids is 1. The van der Waals surface area contributed by atoms with Crippen molar-refractivity contribution in [2.45, 2.75) is 44.8 Å². The predicted molar refractivity (Wildman–Crippen MR) is 156 cm³/mol. The third-order valence-corrected chi connectivity index (χ3v) is 7.91. The number of rotatable bonds is 10. The molecule has 0 spiro atoms. The van der Waals surface area contributed by atoms with E-state index in [2.05, 4.69) is 74.5 Å². The van der Waals surface area contributed by atoms with Crippen LogP contribution in [0.2, 0.25) is 0 Å². The first-order valence-electron chi connectivity index (χ1n) is 14.0. The Kier molecular flexibility index (Phi) is 7.57. The van der Waals surface area contributed by atoms with Crippen molar-refractivity contribution in [3.05, 3.63) is 96.0 Å². The minimum absolute atomic E-state index is 0.172. The molecule has 6 rings (SSSR count). The summed E-state index contributed by atoms with van der Waals surface area (Å²) in [5.41, 5.74) is 7.93. The van der Waals surface area contributed by atoms with Gasteiger partial charge in [-0.15, -0.1) is 0 Å². The standard InChI is InChI=1S/C33H36N4O2/c1-39-19-5-18-36-22-27(30-8-2-3-9-32(30)36)23-37(28-10-11-28)33(38)31-21-35-17-14-29(31)26-7-4-6-25(20-26)24-12-15-34-16-13-24/h2-4,6-9,12-13,15-16,20,22,28,35H,5,10-11,14,17-19,21,23H2,1H3. The molecular weight excluding hydrogens is 484 g/mol. The Bertz CT molecular complexity index is 1490. The van der Waals surface area contributed by atoms with Gasteiger partial charge in [0.2, 0.25) is 0 Å². The molecule has 1 amide bonds. The van der Waals surface area contributed by atoms with Crippen LogP contribution in [0.1, 0.15) is 36.8 Å². The molecule has 2 aromatic heterocycles. The van der Waals surface area contributed by atoms with Crippen molar-refractivity contribution in [2.75, 3.05) is 26.8 Å². The van der Waals surface area contributed by atoms with Crippen molar-refractivity contribution < 1.29 is 9.53 Å². The molecule has 1 aliphatic heterocycles. The van der Waals surface area contributed by atoms with E-state index in [1.54, 1.807) is 7.11 Å². The third kappa shape index (κ3) is 5.54. The number of carbonyl (C=O) groups is 1. The number of aromatic nitrogens is 2. The van der Waals surface area contributed by atoms with Crippen molar-refractivity contribution in [3.8, 4) is 11.1 Å². The number of hydrogen-bond donors (Lipinski definition) is 1. The van der Waals surface area contributed by atoms with Crippen LogP contribution in [0.25, 0.3) is 27.6 Å². The lowest BCUT2D eigenvalue weighted by molar-refractivity contribution is -0.128. The van der Waals surface area contributed by atoms with E-state index >= 15 is 0 Å². The molecule has 6 heteroatoms. The quantitative estimate of drug-likeness (QED) is 0.274. The summed E-state index contributed by atoms with van der Waals surface area (Å²) in [7, 11) is 1.75. The Hall–Kier alpha value is -3.74. The predicted octanol–water partition coefficient (Wildman–Crippen LogP) is 5.68. The average Bonchev–Trinajstić information content (AvgIpc) is 3.78. The molecule has 1 saturated carbocycles. The lowest BCUT2D eigenvalue weighted by atomic mass is 9.91. The Labute approximate surface area is 230 Å². The van der Waals surface area contributed by atoms with Crippen molar-refractivity contribution in [1.82, 2.24) is 19.8 Å². The fourth-order valence-corrected chi connectivity index (χ4v) is 5.76. The lowest BCUT2D eigenvalue weighted by Crippen LogP contribution is -2.39. The fourth-order valence-electron chi connectivity index (χ4n) is 5.76. The number of pyridine rings is 1. The topological polar surface area (TPSA) is 59.4 Å². The Morgan fingerprint density at radius 2 is 1.87 bits per heavy atom. The van der Waals surface area contributed by atoms with E-state index < -0.39 is 0 Å². The number of ether oxygens (including phenoxy) is 1. The van der Waals surface area contributed by atoms with Gasteiger partial charge in [-0.25, -0.2) is 0 Å². The van der Waals surface area contributed by atoms with E-state index in [-0.39, 0.29) is 5.91 Å². The number of para-hydroxylation sites is 1. The first kappa shape index (κ1) is 25.5. The van der Waals surface area contributed by atoms with E-state index in [4.69, 9.17) is 4.74 Å². The van der Waals surface area contributed by atoms with Crippen LogP contribution < -0.4 is 5.32 Å². The van der Waals surface area contributed by atoms with E-state index in [1.165, 1.54) is 22.0 Å². The van der Waals surface area contributed by atoms with Crippen molar-refractivity contribution in [3.63, 3.8) is 0 Å². The number of benzene rings is 2. The second-order valence-corrected chi connectivity index (χ2v) is 10.6. The van der Waals surface area contributed by atoms with E-state index in [0.717, 1.165) is 67.6 Å². The normalized spacial score (nSPS) is 15.6. The summed E-state index contributed by atoms with van der Waals surface area (Å²) in [5.74, 6) is 0.172. The highest BCUT2D eigenvalue weighted by Gasteiger charge is 2.36. The highest BCUT2D eigenvalue weighted by Crippen LogP contribution is 2.35. The first-order chi connectivity index (χ1) is 19.2. The van der Waals surface area contributed by atoms with Gasteiger partial charge < -0.3 is 19.5 Å². The fraction of sp³-hybridized carbons (Fsp3) is 0.333. The molecule has 1 fully saturated rings. The van der Waals surface area contributed by atoms with Crippen LogP contribution in [0.3, 0.4) is 0 Å². The van der Waals surface area contributed by atoms with E-state index in [1.807, 2.05) is 24.5 Å². The molecule has 0 radical (unpaired) electrons. The number of methoxy groups -OCH3 is 1. The van der Waals surface area contributed by atoms with Gasteiger partial charge in [0.1, 0.15) is 0 Å². The molecular formula is C33H36N4O2. The molecule has 1 N–H and O–H groups in total. The maximum absolute atomic E-state index is 14.3. The summed E-state index contributed by atoms with van der Waals surface area (Å²) in [5, 5.41) is 4.70. The molecule has 0 unspecified atom stereocenters. The van der Waals surface area contributed by atoms with Crippen LogP contribution in [0.15, 0.2) is 84.8 Å². The summed E-state index contributed by atoms with van der Waals surface area (Å²) in [6.45, 7) is 3.76. The Morgan fingerprint density at radius 3 is 2.69 bits per heavy atom. The van der Waals surface area contributed by atoms with Crippen LogP contribution in [0.4, 0.5) is 0 Å². The van der Waals surface area contributed by atoms with Crippen LogP contribution in [-0.2, 0) is 22.6 Å². The summed E-state index contributed by atoms with van der Waals surface area (Å²) >= 11 is 0. The van der Waals surface area contributed by atoms with Gasteiger partial charge in [-0.3, -0.25) is 9.78 Å². The summed E-state index contributed by atoms with van der Waals surface area (Å²) in [4.78, 5) is 20.6. The van der Waals surface area contributed by atoms with Crippen LogP contribution in [-0.4, -0.2) is 53.2 Å². The lowest BCUT2D eigenvalue weighted by Gasteiger charge is -2.28. The molecule has 39 heavy (non-hydrogen) atoms. The monoisotopic (exact) mass is 520 g/mol. The molecule has 0 saturated heterocycles. The van der Waals surface area contributed by atoms with Crippen LogP contribution in [0, 0.1) is 0 Å². The zero-order valence-corrected chi connectivity index (χ0v) is 22.6. The van der Waals surface area contributed by atoms with Gasteiger partial charge in [-0.1, -0.05) is 36.4 Å². The van der Waals surface area contributed by atoms with Crippen molar-refractivity contribution in [1.29, 1.82) is 0 Å². The number of aryl methyl sites for hydroxylation is 1. The van der Waals surface area contributed by atoms with Gasteiger partial charge in [0.25, 0.3) is 5.91 Å². The molecule has 2 aromatic carbocycles. The van der Waals surface area contributed by atoms with Gasteiger partial charge in [0.05, 0.1) is 0 Å².